The molecule has 1 fully saturated rings. The number of aryl methyl sites for hydroxylation is 1. The van der Waals surface area contributed by atoms with Gasteiger partial charge in [-0.3, -0.25) is 4.79 Å². The third kappa shape index (κ3) is 2.62. The van der Waals surface area contributed by atoms with Gasteiger partial charge in [-0.25, -0.2) is 8.42 Å². The zero-order valence-electron chi connectivity index (χ0n) is 11.6. The van der Waals surface area contributed by atoms with E-state index in [9.17, 15) is 18.3 Å². The molecule has 0 atom stereocenters. The lowest BCUT2D eigenvalue weighted by Gasteiger charge is -2.37. The molecule has 0 aromatic carbocycles. The summed E-state index contributed by atoms with van der Waals surface area (Å²) in [4.78, 5) is 12.3. The number of hydrogen-bond donors (Lipinski definition) is 1. The molecule has 0 aliphatic carbocycles. The van der Waals surface area contributed by atoms with Gasteiger partial charge in [-0.15, -0.1) is 11.3 Å². The van der Waals surface area contributed by atoms with Crippen LogP contribution in [-0.4, -0.2) is 36.9 Å². The van der Waals surface area contributed by atoms with E-state index in [-0.39, 0.29) is 13.1 Å². The van der Waals surface area contributed by atoms with Crippen LogP contribution in [0, 0.1) is 12.3 Å². The second-order valence-electron chi connectivity index (χ2n) is 5.21. The van der Waals surface area contributed by atoms with Crippen molar-refractivity contribution < 1.29 is 18.3 Å². The van der Waals surface area contributed by atoms with E-state index in [0.717, 1.165) is 4.88 Å². The maximum absolute atomic E-state index is 12.5. The molecule has 1 N–H and O–H groups in total. The summed E-state index contributed by atoms with van der Waals surface area (Å²) in [6, 6.07) is 3.41. The van der Waals surface area contributed by atoms with E-state index in [0.29, 0.717) is 23.5 Å². The lowest BCUT2D eigenvalue weighted by molar-refractivity contribution is -0.151. The molecule has 2 rings (SSSR count). The Hall–Kier alpha value is -0.920. The van der Waals surface area contributed by atoms with Crippen LogP contribution in [0.25, 0.3) is 0 Å². The molecule has 20 heavy (non-hydrogen) atoms. The number of rotatable bonds is 4. The third-order valence-electron chi connectivity index (χ3n) is 4.12. The molecule has 0 saturated carbocycles. The summed E-state index contributed by atoms with van der Waals surface area (Å²) >= 11 is 1.25. The van der Waals surface area contributed by atoms with Crippen molar-refractivity contribution in [1.82, 2.24) is 4.31 Å². The van der Waals surface area contributed by atoms with Crippen LogP contribution in [0.15, 0.2) is 16.3 Å². The van der Waals surface area contributed by atoms with Gasteiger partial charge in [0.25, 0.3) is 10.0 Å². The number of carboxylic acids is 1. The topological polar surface area (TPSA) is 74.7 Å². The van der Waals surface area contributed by atoms with Gasteiger partial charge < -0.3 is 5.11 Å². The van der Waals surface area contributed by atoms with E-state index in [1.807, 2.05) is 13.8 Å². The van der Waals surface area contributed by atoms with Gasteiger partial charge in [0.1, 0.15) is 4.21 Å². The van der Waals surface area contributed by atoms with Gasteiger partial charge in [0.05, 0.1) is 5.41 Å². The second-order valence-corrected chi connectivity index (χ2v) is 8.66. The Morgan fingerprint density at radius 3 is 2.40 bits per heavy atom. The Labute approximate surface area is 123 Å². The fourth-order valence-electron chi connectivity index (χ4n) is 2.55. The number of piperidine rings is 1. The van der Waals surface area contributed by atoms with Crippen molar-refractivity contribution in [3.63, 3.8) is 0 Å². The molecular weight excluding hydrogens is 298 g/mol. The lowest BCUT2D eigenvalue weighted by Crippen LogP contribution is -2.46. The average molecular weight is 317 g/mol. The first-order valence-electron chi connectivity index (χ1n) is 6.62. The first-order valence-corrected chi connectivity index (χ1v) is 8.87. The van der Waals surface area contributed by atoms with Crippen LogP contribution in [0.4, 0.5) is 0 Å². The number of hydrogen-bond acceptors (Lipinski definition) is 4. The van der Waals surface area contributed by atoms with Gasteiger partial charge >= 0.3 is 5.97 Å². The van der Waals surface area contributed by atoms with E-state index >= 15 is 0 Å². The standard InChI is InChI=1S/C13H19NO4S2/c1-3-13(12(15)16)6-8-14(9-7-13)20(17,18)11-5-4-10(2)19-11/h4-5H,3,6-9H2,1-2H3,(H,15,16). The second kappa shape index (κ2) is 5.46. The molecule has 1 aliphatic rings. The molecule has 112 valence electrons. The smallest absolute Gasteiger partial charge is 0.309 e. The molecule has 0 bridgehead atoms. The minimum Gasteiger partial charge on any atom is -0.481 e. The van der Waals surface area contributed by atoms with E-state index in [1.165, 1.54) is 15.6 Å². The molecule has 1 saturated heterocycles. The quantitative estimate of drug-likeness (QED) is 0.925. The minimum absolute atomic E-state index is 0.277. The summed E-state index contributed by atoms with van der Waals surface area (Å²) in [6.07, 6.45) is 1.29. The van der Waals surface area contributed by atoms with Crippen molar-refractivity contribution in [1.29, 1.82) is 0 Å². The van der Waals surface area contributed by atoms with Gasteiger partial charge in [0.2, 0.25) is 0 Å². The highest BCUT2D eigenvalue weighted by Crippen LogP contribution is 2.37. The normalized spacial score (nSPS) is 19.9. The lowest BCUT2D eigenvalue weighted by atomic mass is 9.77. The highest BCUT2D eigenvalue weighted by atomic mass is 32.2. The Balaban J connectivity index is 2.16. The fraction of sp³-hybridized carbons (Fsp3) is 0.615. The predicted octanol–water partition coefficient (Wildman–Crippen LogP) is 2.32. The summed E-state index contributed by atoms with van der Waals surface area (Å²) < 4.78 is 26.7. The Bertz CT molecular complexity index is 598. The summed E-state index contributed by atoms with van der Waals surface area (Å²) in [5.74, 6) is -0.816. The first kappa shape index (κ1) is 15.5. The number of carboxylic acid groups (broad SMARTS) is 1. The average Bonchev–Trinajstić information content (AvgIpc) is 2.86. The van der Waals surface area contributed by atoms with Crippen molar-refractivity contribution in [3.8, 4) is 0 Å². The minimum atomic E-state index is -3.47. The van der Waals surface area contributed by atoms with Crippen LogP contribution in [0.5, 0.6) is 0 Å². The monoisotopic (exact) mass is 317 g/mol. The number of carbonyl (C=O) groups is 1. The molecule has 0 amide bonds. The van der Waals surface area contributed by atoms with Crippen molar-refractivity contribution >= 4 is 27.3 Å². The van der Waals surface area contributed by atoms with Gasteiger partial charge in [0.15, 0.2) is 0 Å². The molecule has 2 heterocycles. The zero-order valence-corrected chi connectivity index (χ0v) is 13.3. The molecule has 1 aliphatic heterocycles. The predicted molar refractivity (Wildman–Crippen MR) is 77.4 cm³/mol. The van der Waals surface area contributed by atoms with Gasteiger partial charge in [-0.1, -0.05) is 6.92 Å². The van der Waals surface area contributed by atoms with Crippen LogP contribution >= 0.6 is 11.3 Å². The Morgan fingerprint density at radius 2 is 2.00 bits per heavy atom. The Morgan fingerprint density at radius 1 is 1.40 bits per heavy atom. The van der Waals surface area contributed by atoms with E-state index < -0.39 is 21.4 Å². The molecule has 0 radical (unpaired) electrons. The maximum atomic E-state index is 12.5. The van der Waals surface area contributed by atoms with Crippen molar-refractivity contribution in [3.05, 3.63) is 17.0 Å². The maximum Gasteiger partial charge on any atom is 0.309 e. The highest BCUT2D eigenvalue weighted by Gasteiger charge is 2.42. The van der Waals surface area contributed by atoms with Gasteiger partial charge in [-0.2, -0.15) is 4.31 Å². The number of sulfonamides is 1. The summed E-state index contributed by atoms with van der Waals surface area (Å²) in [6.45, 7) is 4.27. The molecule has 7 heteroatoms. The van der Waals surface area contributed by atoms with E-state index in [1.54, 1.807) is 12.1 Å². The molecular formula is C13H19NO4S2. The molecule has 0 unspecified atom stereocenters. The molecule has 1 aromatic heterocycles. The van der Waals surface area contributed by atoms with Gasteiger partial charge in [-0.05, 0) is 38.3 Å². The van der Waals surface area contributed by atoms with Crippen LogP contribution in [0.2, 0.25) is 0 Å². The zero-order chi connectivity index (χ0) is 15.0. The first-order chi connectivity index (χ1) is 9.32. The summed E-state index contributed by atoms with van der Waals surface area (Å²) in [7, 11) is -3.47. The van der Waals surface area contributed by atoms with Crippen molar-refractivity contribution in [2.45, 2.75) is 37.3 Å². The van der Waals surface area contributed by atoms with Crippen molar-refractivity contribution in [2.75, 3.05) is 13.1 Å². The fourth-order valence-corrected chi connectivity index (χ4v) is 5.43. The number of thiophene rings is 1. The van der Waals surface area contributed by atoms with Crippen LogP contribution < -0.4 is 0 Å². The van der Waals surface area contributed by atoms with Crippen LogP contribution in [0.1, 0.15) is 31.1 Å². The largest absolute Gasteiger partial charge is 0.481 e. The third-order valence-corrected chi connectivity index (χ3v) is 7.49. The highest BCUT2D eigenvalue weighted by molar-refractivity contribution is 7.91. The summed E-state index contributed by atoms with van der Waals surface area (Å²) in [5, 5.41) is 9.33. The summed E-state index contributed by atoms with van der Waals surface area (Å²) in [5.41, 5.74) is -0.766. The van der Waals surface area contributed by atoms with Gasteiger partial charge in [0, 0.05) is 18.0 Å². The number of aliphatic carboxylic acids is 1. The van der Waals surface area contributed by atoms with E-state index in [2.05, 4.69) is 0 Å². The molecule has 0 spiro atoms. The Kier molecular flexibility index (Phi) is 4.22. The number of nitrogens with zero attached hydrogens (tertiary/aromatic N) is 1. The van der Waals surface area contributed by atoms with E-state index in [4.69, 9.17) is 0 Å². The molecule has 5 nitrogen and oxygen atoms in total. The molecule has 1 aromatic rings. The van der Waals surface area contributed by atoms with Crippen LogP contribution in [-0.2, 0) is 14.8 Å². The SMILES string of the molecule is CCC1(C(=O)O)CCN(S(=O)(=O)c2ccc(C)s2)CC1. The van der Waals surface area contributed by atoms with Crippen molar-refractivity contribution in [2.24, 2.45) is 5.41 Å². The van der Waals surface area contributed by atoms with Crippen LogP contribution in [0.3, 0.4) is 0 Å².